The molecule has 1 atom stereocenters. The van der Waals surface area contributed by atoms with Crippen molar-refractivity contribution in [3.63, 3.8) is 0 Å². The van der Waals surface area contributed by atoms with E-state index in [-0.39, 0.29) is 11.9 Å². The first-order valence-electron chi connectivity index (χ1n) is 6.08. The van der Waals surface area contributed by atoms with Gasteiger partial charge in [0.15, 0.2) is 0 Å². The summed E-state index contributed by atoms with van der Waals surface area (Å²) in [6.45, 7) is 1.26. The van der Waals surface area contributed by atoms with Crippen LogP contribution in [0, 0.1) is 11.3 Å². The Bertz CT molecular complexity index is 527. The first kappa shape index (κ1) is 13.1. The fraction of sp³-hybridized carbons (Fsp3) is 0.357. The normalized spacial score (nSPS) is 15.2. The molecule has 1 aromatic carbocycles. The van der Waals surface area contributed by atoms with E-state index in [1.807, 2.05) is 6.07 Å². The van der Waals surface area contributed by atoms with Crippen LogP contribution in [-0.4, -0.2) is 17.9 Å². The molecule has 1 N–H and O–H groups in total. The zero-order valence-corrected chi connectivity index (χ0v) is 10.6. The Kier molecular flexibility index (Phi) is 3.81. The predicted octanol–water partition coefficient (Wildman–Crippen LogP) is 1.44. The smallest absolute Gasteiger partial charge is 0.303 e. The maximum atomic E-state index is 12.0. The molecule has 1 unspecified atom stereocenters. The van der Waals surface area contributed by atoms with Crippen LogP contribution in [0.2, 0.25) is 0 Å². The van der Waals surface area contributed by atoms with Gasteiger partial charge in [-0.3, -0.25) is 9.59 Å². The third-order valence-electron chi connectivity index (χ3n) is 2.79. The van der Waals surface area contributed by atoms with Crippen molar-refractivity contribution in [1.29, 1.82) is 5.26 Å². The molecule has 1 aliphatic carbocycles. The van der Waals surface area contributed by atoms with Crippen LogP contribution in [0.5, 0.6) is 0 Å². The summed E-state index contributed by atoms with van der Waals surface area (Å²) in [7, 11) is 0. The van der Waals surface area contributed by atoms with Gasteiger partial charge in [0.2, 0.25) is 6.10 Å². The van der Waals surface area contributed by atoms with Crippen LogP contribution in [0.1, 0.15) is 37.0 Å². The lowest BCUT2D eigenvalue weighted by molar-refractivity contribution is -0.154. The molecule has 0 spiro atoms. The van der Waals surface area contributed by atoms with Gasteiger partial charge in [0.25, 0.3) is 5.91 Å². The minimum Gasteiger partial charge on any atom is -0.447 e. The quantitative estimate of drug-likeness (QED) is 0.829. The van der Waals surface area contributed by atoms with Gasteiger partial charge >= 0.3 is 5.97 Å². The molecule has 0 aliphatic heterocycles. The van der Waals surface area contributed by atoms with Crippen molar-refractivity contribution < 1.29 is 14.3 Å². The molecule has 1 saturated carbocycles. The van der Waals surface area contributed by atoms with E-state index >= 15 is 0 Å². The standard InChI is InChI=1S/C14H14N2O3/c1-9(17)19-13(14(18)16-12-6-7-12)11-4-2-10(8-15)3-5-11/h2-5,12-13H,6-7H2,1H3,(H,16,18). The van der Waals surface area contributed by atoms with Gasteiger partial charge in [0.1, 0.15) is 0 Å². The molecule has 0 radical (unpaired) electrons. The Hall–Kier alpha value is -2.35. The minimum absolute atomic E-state index is 0.198. The highest BCUT2D eigenvalue weighted by molar-refractivity contribution is 5.85. The summed E-state index contributed by atoms with van der Waals surface area (Å²) in [5.74, 6) is -0.831. The van der Waals surface area contributed by atoms with Gasteiger partial charge < -0.3 is 10.1 Å². The van der Waals surface area contributed by atoms with E-state index in [0.29, 0.717) is 11.1 Å². The van der Waals surface area contributed by atoms with Crippen LogP contribution in [0.3, 0.4) is 0 Å². The molecular weight excluding hydrogens is 244 g/mol. The van der Waals surface area contributed by atoms with E-state index in [9.17, 15) is 9.59 Å². The average Bonchev–Trinajstić information content (AvgIpc) is 3.20. The second-order valence-electron chi connectivity index (χ2n) is 4.51. The van der Waals surface area contributed by atoms with Crippen LogP contribution in [0.4, 0.5) is 0 Å². The molecule has 0 aromatic heterocycles. The number of nitriles is 1. The molecule has 5 nitrogen and oxygen atoms in total. The predicted molar refractivity (Wildman–Crippen MR) is 66.8 cm³/mol. The van der Waals surface area contributed by atoms with Crippen molar-refractivity contribution in [1.82, 2.24) is 5.32 Å². The second-order valence-corrected chi connectivity index (χ2v) is 4.51. The van der Waals surface area contributed by atoms with Crippen molar-refractivity contribution in [3.05, 3.63) is 35.4 Å². The van der Waals surface area contributed by atoms with Gasteiger partial charge in [0, 0.05) is 18.5 Å². The van der Waals surface area contributed by atoms with Crippen molar-refractivity contribution in [2.45, 2.75) is 31.9 Å². The minimum atomic E-state index is -0.953. The number of carbonyl (C=O) groups excluding carboxylic acids is 2. The van der Waals surface area contributed by atoms with Crippen molar-refractivity contribution in [3.8, 4) is 6.07 Å². The van der Waals surface area contributed by atoms with Crippen LogP contribution in [-0.2, 0) is 14.3 Å². The van der Waals surface area contributed by atoms with E-state index in [4.69, 9.17) is 10.00 Å². The third-order valence-corrected chi connectivity index (χ3v) is 2.79. The zero-order chi connectivity index (χ0) is 13.8. The van der Waals surface area contributed by atoms with Gasteiger partial charge in [-0.05, 0) is 25.0 Å². The molecular formula is C14H14N2O3. The number of carbonyl (C=O) groups is 2. The van der Waals surface area contributed by atoms with Crippen molar-refractivity contribution >= 4 is 11.9 Å². The van der Waals surface area contributed by atoms with Crippen LogP contribution in [0.15, 0.2) is 24.3 Å². The number of rotatable bonds is 4. The molecule has 2 rings (SSSR count). The lowest BCUT2D eigenvalue weighted by Crippen LogP contribution is -2.33. The van der Waals surface area contributed by atoms with Crippen molar-refractivity contribution in [2.24, 2.45) is 0 Å². The zero-order valence-electron chi connectivity index (χ0n) is 10.6. The van der Waals surface area contributed by atoms with Crippen LogP contribution < -0.4 is 5.32 Å². The Balaban J connectivity index is 2.17. The van der Waals surface area contributed by atoms with E-state index in [2.05, 4.69) is 5.32 Å². The molecule has 1 aromatic rings. The highest BCUT2D eigenvalue weighted by Gasteiger charge is 2.30. The molecule has 5 heteroatoms. The second kappa shape index (κ2) is 5.53. The molecule has 0 saturated heterocycles. The summed E-state index contributed by atoms with van der Waals surface area (Å²) in [5.41, 5.74) is 1.06. The highest BCUT2D eigenvalue weighted by atomic mass is 16.5. The number of nitrogens with zero attached hydrogens (tertiary/aromatic N) is 1. The van der Waals surface area contributed by atoms with E-state index in [0.717, 1.165) is 12.8 Å². The Morgan fingerprint density at radius 2 is 2.00 bits per heavy atom. The molecule has 98 valence electrons. The first-order valence-corrected chi connectivity index (χ1v) is 6.08. The Morgan fingerprint density at radius 3 is 2.47 bits per heavy atom. The summed E-state index contributed by atoms with van der Waals surface area (Å²) in [6.07, 6.45) is 0.975. The number of nitrogens with one attached hydrogen (secondary N) is 1. The molecule has 1 amide bonds. The topological polar surface area (TPSA) is 79.2 Å². The van der Waals surface area contributed by atoms with Gasteiger partial charge in [-0.25, -0.2) is 0 Å². The van der Waals surface area contributed by atoms with Crippen LogP contribution in [0.25, 0.3) is 0 Å². The summed E-state index contributed by atoms with van der Waals surface area (Å²) >= 11 is 0. The SMILES string of the molecule is CC(=O)OC(C(=O)NC1CC1)c1ccc(C#N)cc1. The van der Waals surface area contributed by atoms with Crippen molar-refractivity contribution in [2.75, 3.05) is 0 Å². The Morgan fingerprint density at radius 1 is 1.37 bits per heavy atom. The number of hydrogen-bond donors (Lipinski definition) is 1. The molecule has 1 fully saturated rings. The number of hydrogen-bond acceptors (Lipinski definition) is 4. The first-order chi connectivity index (χ1) is 9.10. The number of esters is 1. The number of ether oxygens (including phenoxy) is 1. The lowest BCUT2D eigenvalue weighted by Gasteiger charge is -2.17. The van der Waals surface area contributed by atoms with E-state index in [1.165, 1.54) is 6.92 Å². The fourth-order valence-corrected chi connectivity index (χ4v) is 1.68. The average molecular weight is 258 g/mol. The monoisotopic (exact) mass is 258 g/mol. The fourth-order valence-electron chi connectivity index (χ4n) is 1.68. The van der Waals surface area contributed by atoms with Gasteiger partial charge in [-0.2, -0.15) is 5.26 Å². The molecule has 19 heavy (non-hydrogen) atoms. The molecule has 1 aliphatic rings. The summed E-state index contributed by atoms with van der Waals surface area (Å²) < 4.78 is 5.07. The van der Waals surface area contributed by atoms with Gasteiger partial charge in [-0.1, -0.05) is 12.1 Å². The number of benzene rings is 1. The largest absolute Gasteiger partial charge is 0.447 e. The lowest BCUT2D eigenvalue weighted by atomic mass is 10.1. The Labute approximate surface area is 111 Å². The number of amides is 1. The highest BCUT2D eigenvalue weighted by Crippen LogP contribution is 2.23. The maximum Gasteiger partial charge on any atom is 0.303 e. The third kappa shape index (κ3) is 3.55. The molecule has 0 heterocycles. The van der Waals surface area contributed by atoms with Gasteiger partial charge in [0.05, 0.1) is 11.6 Å². The van der Waals surface area contributed by atoms with E-state index in [1.54, 1.807) is 24.3 Å². The van der Waals surface area contributed by atoms with E-state index < -0.39 is 12.1 Å². The summed E-state index contributed by atoms with van der Waals surface area (Å²) in [4.78, 5) is 23.1. The summed E-state index contributed by atoms with van der Waals surface area (Å²) in [6, 6.07) is 8.63. The van der Waals surface area contributed by atoms with Crippen LogP contribution >= 0.6 is 0 Å². The van der Waals surface area contributed by atoms with Gasteiger partial charge in [-0.15, -0.1) is 0 Å². The molecule has 0 bridgehead atoms. The summed E-state index contributed by atoms with van der Waals surface area (Å²) in [5, 5.41) is 11.5. The maximum absolute atomic E-state index is 12.0.